The Bertz CT molecular complexity index is 638. The lowest BCUT2D eigenvalue weighted by molar-refractivity contribution is -0.116. The van der Waals surface area contributed by atoms with Gasteiger partial charge in [-0.2, -0.15) is 0 Å². The van der Waals surface area contributed by atoms with Crippen LogP contribution in [0.5, 0.6) is 5.75 Å². The summed E-state index contributed by atoms with van der Waals surface area (Å²) < 4.78 is 18.2. The van der Waals surface area contributed by atoms with Gasteiger partial charge in [-0.3, -0.25) is 4.79 Å². The van der Waals surface area contributed by atoms with E-state index in [1.807, 2.05) is 12.1 Å². The summed E-state index contributed by atoms with van der Waals surface area (Å²) in [5.41, 5.74) is 1.62. The lowest BCUT2D eigenvalue weighted by Crippen LogP contribution is -2.12. The van der Waals surface area contributed by atoms with Crippen LogP contribution in [-0.2, 0) is 11.2 Å². The summed E-state index contributed by atoms with van der Waals surface area (Å²) in [6, 6.07) is 13.4. The molecule has 0 aromatic heterocycles. The van der Waals surface area contributed by atoms with Gasteiger partial charge in [-0.05, 0) is 36.2 Å². The molecule has 0 spiro atoms. The highest BCUT2D eigenvalue weighted by Gasteiger charge is 2.04. The number of hydrogen-bond donors (Lipinski definition) is 1. The molecule has 0 saturated heterocycles. The summed E-state index contributed by atoms with van der Waals surface area (Å²) in [7, 11) is 0. The number of anilines is 1. The molecule has 2 aromatic carbocycles. The number of nitrogens with one attached hydrogen (secondary N) is 1. The molecule has 0 atom stereocenters. The zero-order valence-corrected chi connectivity index (χ0v) is 12.2. The smallest absolute Gasteiger partial charge is 0.224 e. The van der Waals surface area contributed by atoms with Gasteiger partial charge >= 0.3 is 0 Å². The molecule has 0 heterocycles. The monoisotopic (exact) mass is 299 g/mol. The highest BCUT2D eigenvalue weighted by atomic mass is 19.1. The van der Waals surface area contributed by atoms with Crippen molar-refractivity contribution in [1.29, 1.82) is 0 Å². The molecule has 0 unspecified atom stereocenters. The number of rotatable bonds is 7. The molecule has 0 aliphatic carbocycles. The molecule has 2 rings (SSSR count). The Morgan fingerprint density at radius 1 is 1.23 bits per heavy atom. The Morgan fingerprint density at radius 3 is 2.73 bits per heavy atom. The SMILES string of the molecule is C=CCOc1cccc(NC(=O)CCc2ccc(F)cc2)c1. The Kier molecular flexibility index (Phi) is 5.72. The Morgan fingerprint density at radius 2 is 2.00 bits per heavy atom. The van der Waals surface area contributed by atoms with Crippen molar-refractivity contribution in [1.82, 2.24) is 0 Å². The van der Waals surface area contributed by atoms with Crippen LogP contribution in [0.2, 0.25) is 0 Å². The molecule has 1 N–H and O–H groups in total. The van der Waals surface area contributed by atoms with E-state index in [1.165, 1.54) is 12.1 Å². The molecular formula is C18H18FNO2. The summed E-state index contributed by atoms with van der Waals surface area (Å²) in [5.74, 6) is 0.311. The maximum absolute atomic E-state index is 12.8. The first-order valence-corrected chi connectivity index (χ1v) is 7.05. The van der Waals surface area contributed by atoms with E-state index in [-0.39, 0.29) is 11.7 Å². The average molecular weight is 299 g/mol. The van der Waals surface area contributed by atoms with Gasteiger partial charge in [0.05, 0.1) is 0 Å². The predicted octanol–water partition coefficient (Wildman–Crippen LogP) is 3.96. The third kappa shape index (κ3) is 5.05. The van der Waals surface area contributed by atoms with Crippen LogP contribution in [0.15, 0.2) is 61.2 Å². The lowest BCUT2D eigenvalue weighted by atomic mass is 10.1. The third-order valence-electron chi connectivity index (χ3n) is 3.04. The van der Waals surface area contributed by atoms with Crippen molar-refractivity contribution in [2.24, 2.45) is 0 Å². The molecule has 0 saturated carbocycles. The first kappa shape index (κ1) is 15.8. The van der Waals surface area contributed by atoms with Gasteiger partial charge < -0.3 is 10.1 Å². The van der Waals surface area contributed by atoms with Crippen molar-refractivity contribution in [2.45, 2.75) is 12.8 Å². The predicted molar refractivity (Wildman–Crippen MR) is 85.5 cm³/mol. The number of halogens is 1. The van der Waals surface area contributed by atoms with Crippen molar-refractivity contribution in [2.75, 3.05) is 11.9 Å². The van der Waals surface area contributed by atoms with Crippen LogP contribution in [0.3, 0.4) is 0 Å². The molecule has 0 aliphatic rings. The van der Waals surface area contributed by atoms with Gasteiger partial charge in [-0.1, -0.05) is 30.9 Å². The van der Waals surface area contributed by atoms with Crippen molar-refractivity contribution in [3.63, 3.8) is 0 Å². The topological polar surface area (TPSA) is 38.3 Å². The van der Waals surface area contributed by atoms with Crippen molar-refractivity contribution in [3.05, 3.63) is 72.6 Å². The summed E-state index contributed by atoms with van der Waals surface area (Å²) in [6.45, 7) is 4.01. The van der Waals surface area contributed by atoms with Gasteiger partial charge in [-0.15, -0.1) is 0 Å². The molecule has 2 aromatic rings. The van der Waals surface area contributed by atoms with Gasteiger partial charge in [0.15, 0.2) is 0 Å². The zero-order valence-electron chi connectivity index (χ0n) is 12.2. The standard InChI is InChI=1S/C18H18FNO2/c1-2-12-22-17-5-3-4-16(13-17)20-18(21)11-8-14-6-9-15(19)10-7-14/h2-7,9-10,13H,1,8,11-12H2,(H,20,21). The number of carbonyl (C=O) groups excluding carboxylic acids is 1. The van der Waals surface area contributed by atoms with E-state index >= 15 is 0 Å². The second kappa shape index (κ2) is 7.98. The minimum Gasteiger partial charge on any atom is -0.489 e. The maximum atomic E-state index is 12.8. The average Bonchev–Trinajstić information content (AvgIpc) is 2.53. The van der Waals surface area contributed by atoms with Crippen LogP contribution in [0.4, 0.5) is 10.1 Å². The van der Waals surface area contributed by atoms with E-state index in [2.05, 4.69) is 11.9 Å². The molecule has 114 valence electrons. The largest absolute Gasteiger partial charge is 0.489 e. The molecule has 3 nitrogen and oxygen atoms in total. The van der Waals surface area contributed by atoms with Crippen molar-refractivity contribution in [3.8, 4) is 5.75 Å². The fourth-order valence-corrected chi connectivity index (χ4v) is 1.95. The van der Waals surface area contributed by atoms with Crippen LogP contribution in [-0.4, -0.2) is 12.5 Å². The Hall–Kier alpha value is -2.62. The van der Waals surface area contributed by atoms with Gasteiger partial charge in [-0.25, -0.2) is 4.39 Å². The molecule has 0 aliphatic heterocycles. The summed E-state index contributed by atoms with van der Waals surface area (Å²) in [6.07, 6.45) is 2.57. The van der Waals surface area contributed by atoms with Crippen molar-refractivity contribution >= 4 is 11.6 Å². The summed E-state index contributed by atoms with van der Waals surface area (Å²) in [4.78, 5) is 11.9. The minimum absolute atomic E-state index is 0.0924. The number of ether oxygens (including phenoxy) is 1. The molecule has 4 heteroatoms. The first-order chi connectivity index (χ1) is 10.7. The van der Waals surface area contributed by atoms with Gasteiger partial charge in [0.25, 0.3) is 0 Å². The Labute approximate surface area is 129 Å². The van der Waals surface area contributed by atoms with E-state index in [1.54, 1.807) is 30.3 Å². The third-order valence-corrected chi connectivity index (χ3v) is 3.04. The number of hydrogen-bond acceptors (Lipinski definition) is 2. The maximum Gasteiger partial charge on any atom is 0.224 e. The normalized spacial score (nSPS) is 10.0. The summed E-state index contributed by atoms with van der Waals surface area (Å²) in [5, 5.41) is 2.82. The Balaban J connectivity index is 1.86. The lowest BCUT2D eigenvalue weighted by Gasteiger charge is -2.08. The molecule has 1 amide bonds. The van der Waals surface area contributed by atoms with Gasteiger partial charge in [0.2, 0.25) is 5.91 Å². The van der Waals surface area contributed by atoms with E-state index in [0.29, 0.717) is 30.9 Å². The van der Waals surface area contributed by atoms with Crippen LogP contribution in [0.1, 0.15) is 12.0 Å². The zero-order chi connectivity index (χ0) is 15.8. The van der Waals surface area contributed by atoms with Gasteiger partial charge in [0.1, 0.15) is 18.2 Å². The van der Waals surface area contributed by atoms with Gasteiger partial charge in [0, 0.05) is 18.2 Å². The van der Waals surface area contributed by atoms with E-state index in [9.17, 15) is 9.18 Å². The number of carbonyl (C=O) groups is 1. The minimum atomic E-state index is -0.274. The molecule has 0 radical (unpaired) electrons. The summed E-state index contributed by atoms with van der Waals surface area (Å²) >= 11 is 0. The van der Waals surface area contributed by atoms with Crippen LogP contribution in [0.25, 0.3) is 0 Å². The second-order valence-electron chi connectivity index (χ2n) is 4.80. The fraction of sp³-hybridized carbons (Fsp3) is 0.167. The quantitative estimate of drug-likeness (QED) is 0.786. The highest BCUT2D eigenvalue weighted by Crippen LogP contribution is 2.17. The molecule has 0 fully saturated rings. The molecule has 0 bridgehead atoms. The highest BCUT2D eigenvalue weighted by molar-refractivity contribution is 5.91. The fourth-order valence-electron chi connectivity index (χ4n) is 1.95. The second-order valence-corrected chi connectivity index (χ2v) is 4.80. The van der Waals surface area contributed by atoms with Crippen LogP contribution in [0, 0.1) is 5.82 Å². The molecular weight excluding hydrogens is 281 g/mol. The molecule has 22 heavy (non-hydrogen) atoms. The van der Waals surface area contributed by atoms with Crippen molar-refractivity contribution < 1.29 is 13.9 Å². The van der Waals surface area contributed by atoms with E-state index in [0.717, 1.165) is 5.56 Å². The van der Waals surface area contributed by atoms with Crippen LogP contribution >= 0.6 is 0 Å². The first-order valence-electron chi connectivity index (χ1n) is 7.05. The number of aryl methyl sites for hydroxylation is 1. The van der Waals surface area contributed by atoms with E-state index < -0.39 is 0 Å². The van der Waals surface area contributed by atoms with E-state index in [4.69, 9.17) is 4.74 Å². The number of amides is 1. The van der Waals surface area contributed by atoms with Crippen LogP contribution < -0.4 is 10.1 Å². The number of benzene rings is 2.